The number of morpholine rings is 1. The van der Waals surface area contributed by atoms with E-state index in [1.165, 1.54) is 5.56 Å². The standard InChI is InChI=1S/C21H37N5O2.HI/c1-4-25(5-2)14-17-28-20-8-6-19(7-9-20)18-24-21(22-3)23-10-11-26-12-15-27-16-13-26;/h6-9H,4-5,10-18H2,1-3H3,(H2,22,23,24);1H. The lowest BCUT2D eigenvalue weighted by molar-refractivity contribution is 0.0389. The Morgan fingerprint density at radius 1 is 1.14 bits per heavy atom. The number of hydrogen-bond donors (Lipinski definition) is 2. The normalized spacial score (nSPS) is 15.1. The van der Waals surface area contributed by atoms with Crippen molar-refractivity contribution in [1.29, 1.82) is 0 Å². The second kappa shape index (κ2) is 15.7. The van der Waals surface area contributed by atoms with E-state index in [1.54, 1.807) is 7.05 Å². The third-order valence-corrected chi connectivity index (χ3v) is 5.00. The Kier molecular flexibility index (Phi) is 14.0. The van der Waals surface area contributed by atoms with Crippen molar-refractivity contribution in [2.45, 2.75) is 20.4 Å². The van der Waals surface area contributed by atoms with Gasteiger partial charge in [0, 0.05) is 46.3 Å². The highest BCUT2D eigenvalue weighted by atomic mass is 127. The van der Waals surface area contributed by atoms with Gasteiger partial charge in [-0.2, -0.15) is 0 Å². The number of hydrogen-bond acceptors (Lipinski definition) is 5. The van der Waals surface area contributed by atoms with Gasteiger partial charge in [-0.05, 0) is 30.8 Å². The van der Waals surface area contributed by atoms with Crippen molar-refractivity contribution >= 4 is 29.9 Å². The largest absolute Gasteiger partial charge is 0.492 e. The molecular weight excluding hydrogens is 481 g/mol. The lowest BCUT2D eigenvalue weighted by Gasteiger charge is -2.26. The van der Waals surface area contributed by atoms with Crippen molar-refractivity contribution in [3.8, 4) is 5.75 Å². The molecule has 1 aliphatic rings. The van der Waals surface area contributed by atoms with Gasteiger partial charge in [-0.1, -0.05) is 26.0 Å². The predicted molar refractivity (Wildman–Crippen MR) is 131 cm³/mol. The fourth-order valence-corrected chi connectivity index (χ4v) is 3.10. The van der Waals surface area contributed by atoms with Gasteiger partial charge in [-0.3, -0.25) is 9.89 Å². The van der Waals surface area contributed by atoms with Crippen molar-refractivity contribution < 1.29 is 9.47 Å². The Hall–Kier alpha value is -1.10. The van der Waals surface area contributed by atoms with E-state index in [9.17, 15) is 0 Å². The number of aliphatic imine (C=N–C) groups is 1. The summed E-state index contributed by atoms with van der Waals surface area (Å²) in [5.74, 6) is 1.75. The van der Waals surface area contributed by atoms with Gasteiger partial charge in [0.15, 0.2) is 5.96 Å². The lowest BCUT2D eigenvalue weighted by Crippen LogP contribution is -2.44. The quantitative estimate of drug-likeness (QED) is 0.265. The summed E-state index contributed by atoms with van der Waals surface area (Å²) in [4.78, 5) is 9.06. The molecule has 29 heavy (non-hydrogen) atoms. The highest BCUT2D eigenvalue weighted by Crippen LogP contribution is 2.12. The van der Waals surface area contributed by atoms with E-state index in [0.29, 0.717) is 0 Å². The van der Waals surface area contributed by atoms with Gasteiger partial charge in [-0.15, -0.1) is 24.0 Å². The molecule has 0 saturated carbocycles. The average molecular weight is 519 g/mol. The Bertz CT molecular complexity index is 561. The molecule has 0 bridgehead atoms. The highest BCUT2D eigenvalue weighted by Gasteiger charge is 2.09. The predicted octanol–water partition coefficient (Wildman–Crippen LogP) is 2.02. The first kappa shape index (κ1) is 25.9. The van der Waals surface area contributed by atoms with Gasteiger partial charge < -0.3 is 25.0 Å². The van der Waals surface area contributed by atoms with Crippen LogP contribution in [0.1, 0.15) is 19.4 Å². The Balaban J connectivity index is 0.00000420. The van der Waals surface area contributed by atoms with Crippen LogP contribution in [0.15, 0.2) is 29.3 Å². The molecular formula is C21H38IN5O2. The van der Waals surface area contributed by atoms with Gasteiger partial charge in [0.2, 0.25) is 0 Å². The smallest absolute Gasteiger partial charge is 0.191 e. The number of likely N-dealkylation sites (N-methyl/N-ethyl adjacent to an activating group) is 1. The molecule has 0 unspecified atom stereocenters. The fraction of sp³-hybridized carbons (Fsp3) is 0.667. The second-order valence-corrected chi connectivity index (χ2v) is 6.83. The molecule has 1 saturated heterocycles. The highest BCUT2D eigenvalue weighted by molar-refractivity contribution is 14.0. The maximum absolute atomic E-state index is 5.84. The molecule has 1 aromatic carbocycles. The van der Waals surface area contributed by atoms with Crippen molar-refractivity contribution in [3.05, 3.63) is 29.8 Å². The Labute approximate surface area is 193 Å². The van der Waals surface area contributed by atoms with Gasteiger partial charge in [-0.25, -0.2) is 0 Å². The molecule has 0 amide bonds. The number of nitrogens with zero attached hydrogens (tertiary/aromatic N) is 3. The number of ether oxygens (including phenoxy) is 2. The van der Waals surface area contributed by atoms with E-state index in [-0.39, 0.29) is 24.0 Å². The zero-order chi connectivity index (χ0) is 20.0. The summed E-state index contributed by atoms with van der Waals surface area (Å²) >= 11 is 0. The van der Waals surface area contributed by atoms with E-state index in [2.05, 4.69) is 51.4 Å². The molecule has 1 aromatic rings. The van der Waals surface area contributed by atoms with Gasteiger partial charge in [0.1, 0.15) is 12.4 Å². The molecule has 0 aliphatic carbocycles. The minimum atomic E-state index is 0. The maximum atomic E-state index is 5.84. The van der Waals surface area contributed by atoms with Crippen molar-refractivity contribution in [2.75, 3.05) is 72.7 Å². The van der Waals surface area contributed by atoms with Crippen LogP contribution in [0.4, 0.5) is 0 Å². The molecule has 8 heteroatoms. The number of guanidine groups is 1. The second-order valence-electron chi connectivity index (χ2n) is 6.83. The van der Waals surface area contributed by atoms with E-state index >= 15 is 0 Å². The summed E-state index contributed by atoms with van der Waals surface area (Å²) in [7, 11) is 1.80. The number of rotatable bonds is 11. The molecule has 0 spiro atoms. The topological polar surface area (TPSA) is 61.4 Å². The first-order chi connectivity index (χ1) is 13.7. The molecule has 0 radical (unpaired) electrons. The van der Waals surface area contributed by atoms with Crippen molar-refractivity contribution in [1.82, 2.24) is 20.4 Å². The van der Waals surface area contributed by atoms with E-state index < -0.39 is 0 Å². The minimum Gasteiger partial charge on any atom is -0.492 e. The Morgan fingerprint density at radius 2 is 1.83 bits per heavy atom. The van der Waals surface area contributed by atoms with E-state index in [1.807, 2.05) is 12.1 Å². The molecule has 2 rings (SSSR count). The molecule has 7 nitrogen and oxygen atoms in total. The molecule has 1 heterocycles. The molecule has 1 aliphatic heterocycles. The van der Waals surface area contributed by atoms with Gasteiger partial charge in [0.25, 0.3) is 0 Å². The van der Waals surface area contributed by atoms with Crippen molar-refractivity contribution in [3.63, 3.8) is 0 Å². The monoisotopic (exact) mass is 519 g/mol. The Morgan fingerprint density at radius 3 is 2.45 bits per heavy atom. The van der Waals surface area contributed by atoms with Crippen LogP contribution in [0.3, 0.4) is 0 Å². The van der Waals surface area contributed by atoms with Crippen LogP contribution in [-0.2, 0) is 11.3 Å². The minimum absolute atomic E-state index is 0. The summed E-state index contributed by atoms with van der Waals surface area (Å²) in [6.07, 6.45) is 0. The third-order valence-electron chi connectivity index (χ3n) is 5.00. The van der Waals surface area contributed by atoms with Crippen molar-refractivity contribution in [2.24, 2.45) is 4.99 Å². The first-order valence-electron chi connectivity index (χ1n) is 10.4. The number of nitrogens with one attached hydrogen (secondary N) is 2. The third kappa shape index (κ3) is 10.5. The fourth-order valence-electron chi connectivity index (χ4n) is 3.10. The van der Waals surface area contributed by atoms with Crippen LogP contribution in [0.5, 0.6) is 5.75 Å². The van der Waals surface area contributed by atoms with Gasteiger partial charge >= 0.3 is 0 Å². The molecule has 2 N–H and O–H groups in total. The van der Waals surface area contributed by atoms with Crippen LogP contribution in [0, 0.1) is 0 Å². The summed E-state index contributed by atoms with van der Waals surface area (Å²) in [6.45, 7) is 14.5. The van der Waals surface area contributed by atoms with Crippen LogP contribution in [0.25, 0.3) is 0 Å². The SMILES string of the molecule is CCN(CC)CCOc1ccc(CNC(=NC)NCCN2CCOCC2)cc1.I. The zero-order valence-corrected chi connectivity index (χ0v) is 20.5. The first-order valence-corrected chi connectivity index (χ1v) is 10.4. The van der Waals surface area contributed by atoms with Crippen LogP contribution in [0.2, 0.25) is 0 Å². The number of halogens is 1. The van der Waals surface area contributed by atoms with E-state index in [0.717, 1.165) is 83.9 Å². The molecule has 1 fully saturated rings. The number of benzene rings is 1. The molecule has 166 valence electrons. The summed E-state index contributed by atoms with van der Waals surface area (Å²) in [5, 5.41) is 6.74. The zero-order valence-electron chi connectivity index (χ0n) is 18.2. The lowest BCUT2D eigenvalue weighted by atomic mass is 10.2. The van der Waals surface area contributed by atoms with Crippen LogP contribution >= 0.6 is 24.0 Å². The molecule has 0 atom stereocenters. The van der Waals surface area contributed by atoms with Gasteiger partial charge in [0.05, 0.1) is 13.2 Å². The van der Waals surface area contributed by atoms with Crippen LogP contribution in [-0.4, -0.2) is 88.4 Å². The van der Waals surface area contributed by atoms with E-state index in [4.69, 9.17) is 9.47 Å². The summed E-state index contributed by atoms with van der Waals surface area (Å²) in [5.41, 5.74) is 1.20. The maximum Gasteiger partial charge on any atom is 0.191 e. The summed E-state index contributed by atoms with van der Waals surface area (Å²) in [6, 6.07) is 8.27. The average Bonchev–Trinajstić information content (AvgIpc) is 2.75. The van der Waals surface area contributed by atoms with Crippen LogP contribution < -0.4 is 15.4 Å². The summed E-state index contributed by atoms with van der Waals surface area (Å²) < 4.78 is 11.2. The molecule has 0 aromatic heterocycles.